The summed E-state index contributed by atoms with van der Waals surface area (Å²) in [6.45, 7) is 6.68. The van der Waals surface area contributed by atoms with Crippen LogP contribution in [0, 0.1) is 0 Å². The van der Waals surface area contributed by atoms with Crippen molar-refractivity contribution in [3.8, 4) is 0 Å². The quantitative estimate of drug-likeness (QED) is 0.0261. The van der Waals surface area contributed by atoms with E-state index in [-0.39, 0.29) is 31.1 Å². The molecule has 0 radical (unpaired) electrons. The van der Waals surface area contributed by atoms with Gasteiger partial charge in [-0.3, -0.25) is 14.4 Å². The van der Waals surface area contributed by atoms with Gasteiger partial charge in [0.15, 0.2) is 6.10 Å². The molecule has 0 aromatic rings. The number of esters is 3. The van der Waals surface area contributed by atoms with Crippen molar-refractivity contribution in [3.05, 3.63) is 36.5 Å². The summed E-state index contributed by atoms with van der Waals surface area (Å²) in [6.07, 6.45) is 90.7. The predicted octanol–water partition coefficient (Wildman–Crippen LogP) is 25.9. The normalized spacial score (nSPS) is 12.2. The maximum absolute atomic E-state index is 12.9. The van der Waals surface area contributed by atoms with Gasteiger partial charge >= 0.3 is 17.9 Å². The van der Waals surface area contributed by atoms with Gasteiger partial charge in [-0.15, -0.1) is 0 Å². The summed E-state index contributed by atoms with van der Waals surface area (Å²) in [5.74, 6) is -0.839. The van der Waals surface area contributed by atoms with E-state index in [0.29, 0.717) is 19.3 Å². The molecule has 0 aromatic heterocycles. The molecule has 0 saturated heterocycles. The zero-order chi connectivity index (χ0) is 59.9. The van der Waals surface area contributed by atoms with Crippen molar-refractivity contribution in [2.24, 2.45) is 0 Å². The van der Waals surface area contributed by atoms with E-state index in [1.165, 1.54) is 315 Å². The first kappa shape index (κ1) is 80.6. The van der Waals surface area contributed by atoms with Gasteiger partial charge in [0.25, 0.3) is 0 Å². The Morgan fingerprint density at radius 2 is 0.434 bits per heavy atom. The molecule has 0 aliphatic rings. The molecule has 0 rings (SSSR count). The summed E-state index contributed by atoms with van der Waals surface area (Å²) in [5, 5.41) is 0. The van der Waals surface area contributed by atoms with Crippen LogP contribution in [0.25, 0.3) is 0 Å². The molecule has 0 aliphatic heterocycles. The van der Waals surface area contributed by atoms with Crippen LogP contribution in [0.15, 0.2) is 36.5 Å². The molecule has 488 valence electrons. The number of hydrogen-bond donors (Lipinski definition) is 0. The lowest BCUT2D eigenvalue weighted by molar-refractivity contribution is -0.167. The standard InChI is InChI=1S/C77H144O6/c1-4-7-10-13-16-19-21-23-25-27-29-31-33-34-35-36-37-38-39-40-41-42-44-45-47-49-51-53-55-58-61-64-67-70-76(79)82-73-74(72-81-75(78)69-66-63-60-57-18-15-12-9-6-3)83-77(80)71-68-65-62-59-56-54-52-50-48-46-43-32-30-28-26-24-22-20-17-14-11-8-5-2/h21,23,27-30,74H,4-20,22,24-26,31-73H2,1-3H3/b23-21-,29-27-,30-28-. The van der Waals surface area contributed by atoms with Gasteiger partial charge in [-0.1, -0.05) is 359 Å². The molecule has 1 atom stereocenters. The first-order valence-corrected chi connectivity index (χ1v) is 37.5. The first-order chi connectivity index (χ1) is 41.0. The molecule has 83 heavy (non-hydrogen) atoms. The van der Waals surface area contributed by atoms with Gasteiger partial charge in [-0.05, 0) is 77.0 Å². The molecule has 0 fully saturated rings. The number of hydrogen-bond acceptors (Lipinski definition) is 6. The second-order valence-corrected chi connectivity index (χ2v) is 25.6. The van der Waals surface area contributed by atoms with Gasteiger partial charge in [-0.25, -0.2) is 0 Å². The van der Waals surface area contributed by atoms with Gasteiger partial charge in [0.1, 0.15) is 13.2 Å². The van der Waals surface area contributed by atoms with Crippen LogP contribution in [0.3, 0.4) is 0 Å². The van der Waals surface area contributed by atoms with Crippen molar-refractivity contribution < 1.29 is 28.6 Å². The Hall–Kier alpha value is -2.37. The average molecular weight is 1170 g/mol. The van der Waals surface area contributed by atoms with Crippen LogP contribution in [-0.4, -0.2) is 37.2 Å². The van der Waals surface area contributed by atoms with Crippen LogP contribution in [-0.2, 0) is 28.6 Å². The topological polar surface area (TPSA) is 78.9 Å². The van der Waals surface area contributed by atoms with E-state index in [0.717, 1.165) is 64.2 Å². The summed E-state index contributed by atoms with van der Waals surface area (Å²) >= 11 is 0. The predicted molar refractivity (Wildman–Crippen MR) is 362 cm³/mol. The Labute approximate surface area is 518 Å². The minimum Gasteiger partial charge on any atom is -0.462 e. The monoisotopic (exact) mass is 1170 g/mol. The molecule has 6 heteroatoms. The highest BCUT2D eigenvalue weighted by Gasteiger charge is 2.20. The smallest absolute Gasteiger partial charge is 0.306 e. The number of rotatable bonds is 70. The molecule has 0 spiro atoms. The molecule has 0 amide bonds. The summed E-state index contributed by atoms with van der Waals surface area (Å²) in [5.41, 5.74) is 0. The summed E-state index contributed by atoms with van der Waals surface area (Å²) < 4.78 is 17.0. The van der Waals surface area contributed by atoms with Crippen LogP contribution in [0.5, 0.6) is 0 Å². The van der Waals surface area contributed by atoms with E-state index in [1.54, 1.807) is 0 Å². The van der Waals surface area contributed by atoms with Crippen LogP contribution in [0.4, 0.5) is 0 Å². The van der Waals surface area contributed by atoms with E-state index >= 15 is 0 Å². The minimum absolute atomic E-state index is 0.0659. The second-order valence-electron chi connectivity index (χ2n) is 25.6. The van der Waals surface area contributed by atoms with Crippen LogP contribution in [0.1, 0.15) is 419 Å². The number of unbranched alkanes of at least 4 members (excludes halogenated alkanes) is 53. The van der Waals surface area contributed by atoms with E-state index in [9.17, 15) is 14.4 Å². The Bertz CT molecular complexity index is 1380. The summed E-state index contributed by atoms with van der Waals surface area (Å²) in [6, 6.07) is 0. The number of carbonyl (C=O) groups excluding carboxylic acids is 3. The first-order valence-electron chi connectivity index (χ1n) is 37.5. The van der Waals surface area contributed by atoms with Crippen molar-refractivity contribution in [1.29, 1.82) is 0 Å². The number of carbonyl (C=O) groups is 3. The lowest BCUT2D eigenvalue weighted by Crippen LogP contribution is -2.30. The number of allylic oxidation sites excluding steroid dienone is 6. The summed E-state index contributed by atoms with van der Waals surface area (Å²) in [4.78, 5) is 38.3. The second kappa shape index (κ2) is 72.1. The molecule has 0 aliphatic carbocycles. The van der Waals surface area contributed by atoms with Crippen LogP contribution in [0.2, 0.25) is 0 Å². The van der Waals surface area contributed by atoms with Crippen LogP contribution < -0.4 is 0 Å². The Morgan fingerprint density at radius 3 is 0.675 bits per heavy atom. The third-order valence-electron chi connectivity index (χ3n) is 17.1. The van der Waals surface area contributed by atoms with Gasteiger partial charge in [0.05, 0.1) is 0 Å². The summed E-state index contributed by atoms with van der Waals surface area (Å²) in [7, 11) is 0. The minimum atomic E-state index is -0.768. The van der Waals surface area contributed by atoms with E-state index < -0.39 is 6.10 Å². The average Bonchev–Trinajstić information content (AvgIpc) is 3.49. The SMILES string of the molecule is CCCCCCC/C=C\C/C=C\CCCCCCCCCCCCCCCCCCCCCCCC(=O)OCC(COC(=O)CCCCCCCCCCC)OC(=O)CCCCCCCCCCCCC/C=C\CCCCCCCCCC. The largest absolute Gasteiger partial charge is 0.462 e. The van der Waals surface area contributed by atoms with E-state index in [1.807, 2.05) is 0 Å². The zero-order valence-electron chi connectivity index (χ0n) is 56.2. The van der Waals surface area contributed by atoms with Gasteiger partial charge < -0.3 is 14.2 Å². The van der Waals surface area contributed by atoms with Crippen molar-refractivity contribution >= 4 is 17.9 Å². The Morgan fingerprint density at radius 1 is 0.241 bits per heavy atom. The highest BCUT2D eigenvalue weighted by Crippen LogP contribution is 2.19. The van der Waals surface area contributed by atoms with Crippen molar-refractivity contribution in [3.63, 3.8) is 0 Å². The fourth-order valence-electron chi connectivity index (χ4n) is 11.5. The van der Waals surface area contributed by atoms with Crippen molar-refractivity contribution in [2.75, 3.05) is 13.2 Å². The fraction of sp³-hybridized carbons (Fsp3) is 0.883. The Balaban J connectivity index is 4.03. The molecule has 1 unspecified atom stereocenters. The molecule has 0 heterocycles. The van der Waals surface area contributed by atoms with Gasteiger partial charge in [0.2, 0.25) is 0 Å². The molecule has 0 bridgehead atoms. The fourth-order valence-corrected chi connectivity index (χ4v) is 11.5. The Kier molecular flexibility index (Phi) is 70.0. The molecular weight excluding hydrogens is 1020 g/mol. The van der Waals surface area contributed by atoms with Crippen molar-refractivity contribution in [1.82, 2.24) is 0 Å². The van der Waals surface area contributed by atoms with E-state index in [2.05, 4.69) is 57.2 Å². The third kappa shape index (κ3) is 70.3. The lowest BCUT2D eigenvalue weighted by atomic mass is 10.0. The van der Waals surface area contributed by atoms with E-state index in [4.69, 9.17) is 14.2 Å². The zero-order valence-corrected chi connectivity index (χ0v) is 56.2. The number of ether oxygens (including phenoxy) is 3. The van der Waals surface area contributed by atoms with Gasteiger partial charge in [0, 0.05) is 19.3 Å². The maximum atomic E-state index is 12.9. The molecule has 6 nitrogen and oxygen atoms in total. The molecule has 0 N–H and O–H groups in total. The maximum Gasteiger partial charge on any atom is 0.306 e. The van der Waals surface area contributed by atoms with Crippen molar-refractivity contribution in [2.45, 2.75) is 425 Å². The third-order valence-corrected chi connectivity index (χ3v) is 17.1. The molecule has 0 saturated carbocycles. The van der Waals surface area contributed by atoms with Crippen LogP contribution >= 0.6 is 0 Å². The molecular formula is C77H144O6. The lowest BCUT2D eigenvalue weighted by Gasteiger charge is -2.18. The highest BCUT2D eigenvalue weighted by atomic mass is 16.6. The highest BCUT2D eigenvalue weighted by molar-refractivity contribution is 5.71. The molecule has 0 aromatic carbocycles. The van der Waals surface area contributed by atoms with Gasteiger partial charge in [-0.2, -0.15) is 0 Å².